The Balaban J connectivity index is 2.60. The molecule has 17 heavy (non-hydrogen) atoms. The second-order valence-electron chi connectivity index (χ2n) is 3.79. The van der Waals surface area contributed by atoms with Crippen LogP contribution in [0, 0.1) is 20.0 Å². The Labute approximate surface area is 98.0 Å². The van der Waals surface area contributed by atoms with E-state index in [1.165, 1.54) is 13.3 Å². The third-order valence-electron chi connectivity index (χ3n) is 2.69. The summed E-state index contributed by atoms with van der Waals surface area (Å²) in [6, 6.07) is 1.83. The fourth-order valence-corrected chi connectivity index (χ4v) is 1.58. The van der Waals surface area contributed by atoms with Crippen LogP contribution in [0.3, 0.4) is 0 Å². The summed E-state index contributed by atoms with van der Waals surface area (Å²) in [6.45, 7) is 3.84. The second-order valence-corrected chi connectivity index (χ2v) is 3.79. The van der Waals surface area contributed by atoms with Crippen LogP contribution in [0.15, 0.2) is 12.3 Å². The van der Waals surface area contributed by atoms with E-state index in [0.29, 0.717) is 5.52 Å². The maximum absolute atomic E-state index is 11.7. The molecule has 0 atom stereocenters. The third-order valence-corrected chi connectivity index (χ3v) is 2.69. The minimum atomic E-state index is -0.871. The van der Waals surface area contributed by atoms with E-state index >= 15 is 0 Å². The van der Waals surface area contributed by atoms with Crippen molar-refractivity contribution in [2.24, 2.45) is 0 Å². The number of aromatic nitrogens is 2. The van der Waals surface area contributed by atoms with Crippen molar-refractivity contribution in [3.05, 3.63) is 35.2 Å². The van der Waals surface area contributed by atoms with E-state index in [4.69, 9.17) is 0 Å². The molecule has 5 nitrogen and oxygen atoms in total. The van der Waals surface area contributed by atoms with Crippen molar-refractivity contribution in [3.8, 4) is 0 Å². The number of ether oxygens (including phenoxy) is 1. The highest BCUT2D eigenvalue weighted by Gasteiger charge is 2.21. The number of Topliss-reactive ketones (excluding diaryl/α,β-unsaturated/α-hetero) is 1. The Morgan fingerprint density at radius 1 is 1.41 bits per heavy atom. The summed E-state index contributed by atoms with van der Waals surface area (Å²) in [5.74, 6) is -1.53. The molecule has 0 fully saturated rings. The van der Waals surface area contributed by atoms with E-state index < -0.39 is 11.8 Å². The van der Waals surface area contributed by atoms with Gasteiger partial charge >= 0.3 is 5.97 Å². The summed E-state index contributed by atoms with van der Waals surface area (Å²) in [7, 11) is 1.18. The van der Waals surface area contributed by atoms with Gasteiger partial charge in [-0.3, -0.25) is 4.79 Å². The number of nitrogens with one attached hydrogen (secondary N) is 1. The zero-order chi connectivity index (χ0) is 12.6. The molecule has 0 aliphatic rings. The predicted octanol–water partition coefficient (Wildman–Crippen LogP) is 0.526. The molecule has 5 heteroatoms. The number of carbonyl (C=O) groups excluding carboxylic acids is 2. The topological polar surface area (TPSA) is 63.3 Å². The Kier molecular flexibility index (Phi) is 2.67. The quantitative estimate of drug-likeness (QED) is 0.270. The van der Waals surface area contributed by atoms with Crippen LogP contribution >= 0.6 is 0 Å². The average Bonchev–Trinajstić information content (AvgIpc) is 2.70. The molecule has 0 unspecified atom stereocenters. The summed E-state index contributed by atoms with van der Waals surface area (Å²) in [4.78, 5) is 22.9. The molecule has 88 valence electrons. The molecule has 0 spiro atoms. The molecule has 1 N–H and O–H groups in total. The molecule has 2 heterocycles. The molecule has 0 bridgehead atoms. The minimum absolute atomic E-state index is 0.288. The second kappa shape index (κ2) is 4.01. The van der Waals surface area contributed by atoms with Crippen LogP contribution < -0.4 is 4.52 Å². The summed E-state index contributed by atoms with van der Waals surface area (Å²) in [5.41, 5.74) is 2.88. The van der Waals surface area contributed by atoms with Crippen molar-refractivity contribution in [1.82, 2.24) is 5.10 Å². The number of nitrogens with zero attached hydrogens (tertiary/aromatic N) is 1. The monoisotopic (exact) mass is 232 g/mol. The van der Waals surface area contributed by atoms with E-state index in [0.717, 1.165) is 11.1 Å². The van der Waals surface area contributed by atoms with Crippen molar-refractivity contribution in [3.63, 3.8) is 0 Å². The molecule has 0 amide bonds. The van der Waals surface area contributed by atoms with Crippen LogP contribution in [0.2, 0.25) is 0 Å². The molecule has 0 aliphatic carbocycles. The zero-order valence-corrected chi connectivity index (χ0v) is 9.83. The molecule has 0 aliphatic heterocycles. The number of hydrogen-bond donors (Lipinski definition) is 1. The Morgan fingerprint density at radius 2 is 2.12 bits per heavy atom. The van der Waals surface area contributed by atoms with Gasteiger partial charge < -0.3 is 4.74 Å². The highest BCUT2D eigenvalue weighted by Crippen LogP contribution is 2.11. The third kappa shape index (κ3) is 1.80. The lowest BCUT2D eigenvalue weighted by molar-refractivity contribution is -0.581. The molecular weight excluding hydrogens is 220 g/mol. The van der Waals surface area contributed by atoms with Crippen LogP contribution in [0.4, 0.5) is 0 Å². The number of methoxy groups -OCH3 is 1. The summed E-state index contributed by atoms with van der Waals surface area (Å²) >= 11 is 0. The number of aryl methyl sites for hydroxylation is 2. The van der Waals surface area contributed by atoms with Gasteiger partial charge in [0, 0.05) is 0 Å². The maximum atomic E-state index is 11.7. The minimum Gasteiger partial charge on any atom is -0.463 e. The zero-order valence-electron chi connectivity index (χ0n) is 9.83. The van der Waals surface area contributed by atoms with Gasteiger partial charge in [0.2, 0.25) is 0 Å². The molecular formula is C12H12N2O3. The van der Waals surface area contributed by atoms with E-state index in [9.17, 15) is 9.59 Å². The summed E-state index contributed by atoms with van der Waals surface area (Å²) < 4.78 is 6.00. The largest absolute Gasteiger partial charge is 0.463 e. The van der Waals surface area contributed by atoms with Crippen molar-refractivity contribution < 1.29 is 18.8 Å². The normalized spacial score (nSPS) is 10.5. The van der Waals surface area contributed by atoms with Crippen molar-refractivity contribution in [1.29, 1.82) is 0 Å². The average molecular weight is 232 g/mol. The van der Waals surface area contributed by atoms with Crippen molar-refractivity contribution in [2.75, 3.05) is 7.11 Å². The van der Waals surface area contributed by atoms with Crippen LogP contribution in [0.25, 0.3) is 5.52 Å². The van der Waals surface area contributed by atoms with Crippen LogP contribution in [0.5, 0.6) is 0 Å². The molecule has 2 aromatic heterocycles. The molecule has 0 saturated heterocycles. The number of esters is 1. The van der Waals surface area contributed by atoms with E-state index in [-0.39, 0.29) is 5.56 Å². The molecule has 0 radical (unpaired) electrons. The first-order valence-corrected chi connectivity index (χ1v) is 5.10. The van der Waals surface area contributed by atoms with Gasteiger partial charge in [0.05, 0.1) is 18.9 Å². The fraction of sp³-hybridized carbons (Fsp3) is 0.250. The lowest BCUT2D eigenvalue weighted by atomic mass is 10.1. The van der Waals surface area contributed by atoms with Gasteiger partial charge in [-0.2, -0.15) is 9.61 Å². The first-order chi connectivity index (χ1) is 8.04. The van der Waals surface area contributed by atoms with Gasteiger partial charge in [0.25, 0.3) is 5.78 Å². The number of H-pyrrole nitrogens is 1. The molecule has 0 saturated carbocycles. The van der Waals surface area contributed by atoms with E-state index in [2.05, 4.69) is 16.0 Å². The maximum Gasteiger partial charge on any atom is 0.378 e. The van der Waals surface area contributed by atoms with Gasteiger partial charge in [-0.1, -0.05) is 25.5 Å². The highest BCUT2D eigenvalue weighted by molar-refractivity contribution is 6.41. The first-order valence-electron chi connectivity index (χ1n) is 5.10. The van der Waals surface area contributed by atoms with Gasteiger partial charge in [-0.05, 0) is 0 Å². The number of fused-ring (bicyclic) bond motifs is 1. The van der Waals surface area contributed by atoms with Crippen LogP contribution in [-0.4, -0.2) is 24.0 Å². The standard InChI is InChI=1S/C12H12N2O3/c1-7-4-10-9(11(15)12(16)17-3)5-13-14(10)6-8(7)2/h4-5,13H,1-3H3. The van der Waals surface area contributed by atoms with Gasteiger partial charge in [-0.15, -0.1) is 5.56 Å². The number of aromatic amines is 1. The Bertz CT molecular complexity index is 613. The summed E-state index contributed by atoms with van der Waals surface area (Å²) in [5, 5.41) is 2.85. The van der Waals surface area contributed by atoms with E-state index in [1.54, 1.807) is 4.52 Å². The Hall–Kier alpha value is -2.17. The van der Waals surface area contributed by atoms with Gasteiger partial charge in [0.1, 0.15) is 11.7 Å². The number of hydrogen-bond acceptors (Lipinski definition) is 3. The van der Waals surface area contributed by atoms with Crippen LogP contribution in [0.1, 0.15) is 21.5 Å². The number of carbonyl (C=O) groups is 2. The molecule has 0 aromatic carbocycles. The smallest absolute Gasteiger partial charge is 0.378 e. The number of pyridine rings is 1. The SMILES string of the molecule is COC(=O)C(=O)c1c[nH][n+]2[c-]c(C)c(C)cc12. The number of ketones is 1. The van der Waals surface area contributed by atoms with Crippen molar-refractivity contribution >= 4 is 17.3 Å². The fourth-order valence-electron chi connectivity index (χ4n) is 1.58. The molecule has 2 rings (SSSR count). The van der Waals surface area contributed by atoms with Crippen molar-refractivity contribution in [2.45, 2.75) is 13.8 Å². The van der Waals surface area contributed by atoms with Crippen LogP contribution in [-0.2, 0) is 9.53 Å². The first kappa shape index (κ1) is 11.3. The van der Waals surface area contributed by atoms with E-state index in [1.807, 2.05) is 19.9 Å². The lowest BCUT2D eigenvalue weighted by Gasteiger charge is -2.03. The Morgan fingerprint density at radius 3 is 2.76 bits per heavy atom. The van der Waals surface area contributed by atoms with Gasteiger partial charge in [0.15, 0.2) is 0 Å². The number of rotatable bonds is 2. The lowest BCUT2D eigenvalue weighted by Crippen LogP contribution is -2.25. The molecule has 2 aromatic rings. The van der Waals surface area contributed by atoms with Gasteiger partial charge in [-0.25, -0.2) is 4.79 Å². The predicted molar refractivity (Wildman–Crippen MR) is 58.6 cm³/mol. The summed E-state index contributed by atoms with van der Waals surface area (Å²) in [6.07, 6.45) is 4.52. The highest BCUT2D eigenvalue weighted by atomic mass is 16.5.